The van der Waals surface area contributed by atoms with E-state index < -0.39 is 28.5 Å². The van der Waals surface area contributed by atoms with Gasteiger partial charge in [0.1, 0.15) is 24.1 Å². The first-order chi connectivity index (χ1) is 22.1. The number of carbonyl (C=O) groups is 2. The predicted molar refractivity (Wildman–Crippen MR) is 182 cm³/mol. The summed E-state index contributed by atoms with van der Waals surface area (Å²) in [4.78, 5) is 29.2. The van der Waals surface area contributed by atoms with Crippen molar-refractivity contribution in [1.82, 2.24) is 10.2 Å². The van der Waals surface area contributed by atoms with Crippen LogP contribution in [0.15, 0.2) is 108 Å². The molecule has 0 aliphatic rings. The Hall–Kier alpha value is -4.63. The molecule has 0 aromatic heterocycles. The van der Waals surface area contributed by atoms with Crippen molar-refractivity contribution in [2.45, 2.75) is 64.4 Å². The van der Waals surface area contributed by atoms with Crippen LogP contribution in [0.25, 0.3) is 0 Å². The zero-order valence-electron chi connectivity index (χ0n) is 27.0. The Kier molecular flexibility index (Phi) is 12.0. The number of para-hydroxylation sites is 1. The highest BCUT2D eigenvalue weighted by Gasteiger charge is 2.33. The molecule has 0 fully saturated rings. The van der Waals surface area contributed by atoms with Crippen molar-refractivity contribution in [1.29, 1.82) is 0 Å². The average molecular weight is 642 g/mol. The van der Waals surface area contributed by atoms with Crippen molar-refractivity contribution in [3.05, 3.63) is 120 Å². The highest BCUT2D eigenvalue weighted by atomic mass is 32.2. The number of hydrogen-bond donors (Lipinski definition) is 1. The van der Waals surface area contributed by atoms with Gasteiger partial charge in [0.15, 0.2) is 0 Å². The first kappa shape index (κ1) is 34.2. The molecule has 1 N–H and O–H groups in total. The van der Waals surface area contributed by atoms with Crippen molar-refractivity contribution in [3.63, 3.8) is 0 Å². The zero-order valence-corrected chi connectivity index (χ0v) is 27.8. The first-order valence-corrected chi connectivity index (χ1v) is 17.1. The number of aryl methyl sites for hydroxylation is 2. The highest BCUT2D eigenvalue weighted by molar-refractivity contribution is 7.92. The quantitative estimate of drug-likeness (QED) is 0.141. The van der Waals surface area contributed by atoms with Crippen LogP contribution in [0.4, 0.5) is 5.69 Å². The number of rotatable bonds is 15. The topological polar surface area (TPSA) is 96.0 Å². The van der Waals surface area contributed by atoms with Gasteiger partial charge < -0.3 is 15.0 Å². The molecule has 8 nitrogen and oxygen atoms in total. The largest absolute Gasteiger partial charge is 0.457 e. The number of benzene rings is 4. The fourth-order valence-electron chi connectivity index (χ4n) is 4.99. The van der Waals surface area contributed by atoms with Crippen molar-refractivity contribution >= 4 is 27.5 Å². The van der Waals surface area contributed by atoms with Gasteiger partial charge in [-0.05, 0) is 80.8 Å². The summed E-state index contributed by atoms with van der Waals surface area (Å²) in [5.74, 6) is 0.416. The molecule has 46 heavy (non-hydrogen) atoms. The normalized spacial score (nSPS) is 11.8. The second-order valence-corrected chi connectivity index (χ2v) is 13.2. The van der Waals surface area contributed by atoms with E-state index in [0.717, 1.165) is 33.8 Å². The second kappa shape index (κ2) is 16.1. The molecule has 4 aromatic rings. The van der Waals surface area contributed by atoms with Crippen LogP contribution < -0.4 is 14.4 Å². The van der Waals surface area contributed by atoms with E-state index in [1.807, 2.05) is 82.3 Å². The van der Waals surface area contributed by atoms with Crippen LogP contribution in [0.2, 0.25) is 0 Å². The van der Waals surface area contributed by atoms with Crippen LogP contribution in [0.1, 0.15) is 49.8 Å². The van der Waals surface area contributed by atoms with E-state index in [2.05, 4.69) is 5.32 Å². The van der Waals surface area contributed by atoms with Crippen LogP contribution >= 0.6 is 0 Å². The minimum absolute atomic E-state index is 0.0601. The molecular formula is C37H43N3O5S. The molecule has 0 spiro atoms. The summed E-state index contributed by atoms with van der Waals surface area (Å²) in [6, 6.07) is 29.3. The monoisotopic (exact) mass is 641 g/mol. The van der Waals surface area contributed by atoms with E-state index in [1.165, 1.54) is 17.0 Å². The van der Waals surface area contributed by atoms with Crippen molar-refractivity contribution in [2.24, 2.45) is 0 Å². The average Bonchev–Trinajstić information content (AvgIpc) is 3.05. The van der Waals surface area contributed by atoms with E-state index >= 15 is 0 Å². The van der Waals surface area contributed by atoms with E-state index in [-0.39, 0.29) is 17.3 Å². The summed E-state index contributed by atoms with van der Waals surface area (Å²) in [5.41, 5.74) is 3.12. The Morgan fingerprint density at radius 3 is 1.96 bits per heavy atom. The Bertz CT molecular complexity index is 1670. The predicted octanol–water partition coefficient (Wildman–Crippen LogP) is 7.01. The number of sulfonamides is 1. The zero-order chi connectivity index (χ0) is 33.1. The van der Waals surface area contributed by atoms with E-state index in [1.54, 1.807) is 36.4 Å². The van der Waals surface area contributed by atoms with Crippen LogP contribution in [0.3, 0.4) is 0 Å². The molecule has 0 aliphatic carbocycles. The molecule has 2 amide bonds. The number of ether oxygens (including phenoxy) is 1. The molecule has 0 radical (unpaired) electrons. The molecule has 9 heteroatoms. The summed E-state index contributed by atoms with van der Waals surface area (Å²) in [7, 11) is -4.18. The van der Waals surface area contributed by atoms with Crippen LogP contribution in [-0.4, -0.2) is 44.3 Å². The summed E-state index contributed by atoms with van der Waals surface area (Å²) >= 11 is 0. The third kappa shape index (κ3) is 8.97. The lowest BCUT2D eigenvalue weighted by Gasteiger charge is -2.33. The molecule has 4 aromatic carbocycles. The van der Waals surface area contributed by atoms with Gasteiger partial charge in [0.25, 0.3) is 10.0 Å². The minimum Gasteiger partial charge on any atom is -0.457 e. The summed E-state index contributed by atoms with van der Waals surface area (Å²) in [6.45, 7) is 7.91. The van der Waals surface area contributed by atoms with Crippen LogP contribution in [-0.2, 0) is 26.2 Å². The maximum atomic E-state index is 14.3. The molecule has 0 saturated heterocycles. The summed E-state index contributed by atoms with van der Waals surface area (Å²) in [6.07, 6.45) is 2.11. The van der Waals surface area contributed by atoms with E-state index in [9.17, 15) is 18.0 Å². The lowest BCUT2D eigenvalue weighted by Crippen LogP contribution is -2.52. The van der Waals surface area contributed by atoms with Crippen LogP contribution in [0.5, 0.6) is 11.5 Å². The molecule has 0 bridgehead atoms. The van der Waals surface area contributed by atoms with Gasteiger partial charge in [0.05, 0.1) is 10.6 Å². The van der Waals surface area contributed by atoms with Gasteiger partial charge in [-0.2, -0.15) is 0 Å². The number of hydrogen-bond acceptors (Lipinski definition) is 5. The van der Waals surface area contributed by atoms with Gasteiger partial charge in [-0.15, -0.1) is 0 Å². The van der Waals surface area contributed by atoms with Crippen LogP contribution in [0, 0.1) is 13.8 Å². The molecule has 0 unspecified atom stereocenters. The highest BCUT2D eigenvalue weighted by Crippen LogP contribution is 2.29. The lowest BCUT2D eigenvalue weighted by atomic mass is 10.1. The van der Waals surface area contributed by atoms with Gasteiger partial charge >= 0.3 is 0 Å². The number of anilines is 1. The first-order valence-electron chi connectivity index (χ1n) is 15.7. The number of carbonyl (C=O) groups excluding carboxylic acids is 2. The molecular weight excluding hydrogens is 598 g/mol. The fraction of sp³-hybridized carbons (Fsp3) is 0.297. The van der Waals surface area contributed by atoms with Gasteiger partial charge in [0, 0.05) is 13.1 Å². The third-order valence-electron chi connectivity index (χ3n) is 7.68. The number of unbranched alkanes of at least 4 members (excludes halogenated alkanes) is 1. The smallest absolute Gasteiger partial charge is 0.264 e. The SMILES string of the molecule is CCCCNC(=O)[C@@H](CC)N(Cc1ccc(C)cc1)C(=O)CN(c1ccc(Oc2ccccc2)cc1)S(=O)(=O)c1ccc(C)cc1. The van der Waals surface area contributed by atoms with Crippen molar-refractivity contribution in [3.8, 4) is 11.5 Å². The molecule has 242 valence electrons. The molecule has 1 atom stereocenters. The number of nitrogens with one attached hydrogen (secondary N) is 1. The number of amides is 2. The maximum Gasteiger partial charge on any atom is 0.264 e. The lowest BCUT2D eigenvalue weighted by molar-refractivity contribution is -0.140. The molecule has 0 saturated carbocycles. The van der Waals surface area contributed by atoms with Gasteiger partial charge in [-0.1, -0.05) is 86.0 Å². The van der Waals surface area contributed by atoms with E-state index in [4.69, 9.17) is 4.74 Å². The van der Waals surface area contributed by atoms with Crippen molar-refractivity contribution < 1.29 is 22.7 Å². The molecule has 0 aliphatic heterocycles. The Morgan fingerprint density at radius 2 is 1.37 bits per heavy atom. The van der Waals surface area contributed by atoms with E-state index in [0.29, 0.717) is 30.2 Å². The molecule has 0 heterocycles. The fourth-order valence-corrected chi connectivity index (χ4v) is 6.40. The standard InChI is InChI=1S/C37H43N3O5S/c1-5-7-25-38-37(42)35(6-2)39(26-30-17-13-28(3)14-18-30)36(41)27-40(46(43,44)34-23-15-29(4)16-24-34)31-19-21-33(22-20-31)45-32-11-9-8-10-12-32/h8-24,35H,5-7,25-27H2,1-4H3,(H,38,42)/t35-/m1/s1. The Morgan fingerprint density at radius 1 is 0.783 bits per heavy atom. The minimum atomic E-state index is -4.18. The molecule has 4 rings (SSSR count). The maximum absolute atomic E-state index is 14.3. The van der Waals surface area contributed by atoms with Crippen molar-refractivity contribution in [2.75, 3.05) is 17.4 Å². The van der Waals surface area contributed by atoms with Gasteiger partial charge in [-0.3, -0.25) is 13.9 Å². The van der Waals surface area contributed by atoms with Gasteiger partial charge in [0.2, 0.25) is 11.8 Å². The van der Waals surface area contributed by atoms with Gasteiger partial charge in [-0.25, -0.2) is 8.42 Å². The summed E-state index contributed by atoms with van der Waals surface area (Å²) in [5, 5.41) is 2.96. The Balaban J connectivity index is 1.70. The second-order valence-electron chi connectivity index (χ2n) is 11.3. The number of nitrogens with zero attached hydrogens (tertiary/aromatic N) is 2. The summed E-state index contributed by atoms with van der Waals surface area (Å²) < 4.78 is 35.4. The third-order valence-corrected chi connectivity index (χ3v) is 9.47. The Labute approximate surface area is 273 Å².